The van der Waals surface area contributed by atoms with Crippen molar-refractivity contribution in [3.8, 4) is 22.5 Å². The number of anilines is 1. The van der Waals surface area contributed by atoms with E-state index in [0.29, 0.717) is 0 Å². The first-order valence-corrected chi connectivity index (χ1v) is 9.14. The average Bonchev–Trinajstić information content (AvgIpc) is 2.75. The van der Waals surface area contributed by atoms with Gasteiger partial charge in [-0.1, -0.05) is 30.3 Å². The molecule has 1 N–H and O–H groups in total. The molecule has 0 bridgehead atoms. The van der Waals surface area contributed by atoms with E-state index in [-0.39, 0.29) is 11.3 Å². The molecule has 4 heterocycles. The smallest absolute Gasteiger partial charge is 0.251 e. The van der Waals surface area contributed by atoms with E-state index in [1.165, 1.54) is 12.3 Å². The van der Waals surface area contributed by atoms with Gasteiger partial charge in [0.2, 0.25) is 0 Å². The molecule has 0 saturated carbocycles. The summed E-state index contributed by atoms with van der Waals surface area (Å²) in [5.74, 6) is 1.32. The molecule has 3 aliphatic heterocycles. The zero-order valence-electron chi connectivity index (χ0n) is 15.0. The molecule has 0 unspecified atom stereocenters. The Hall–Kier alpha value is -3.61. The van der Waals surface area contributed by atoms with Crippen molar-refractivity contribution in [2.75, 3.05) is 11.9 Å². The van der Waals surface area contributed by atoms with E-state index in [1.54, 1.807) is 6.20 Å². The Bertz CT molecular complexity index is 1190. The van der Waals surface area contributed by atoms with Crippen molar-refractivity contribution in [3.05, 3.63) is 72.5 Å². The van der Waals surface area contributed by atoms with Crippen molar-refractivity contribution < 1.29 is 4.39 Å². The van der Waals surface area contributed by atoms with Crippen molar-refractivity contribution in [3.63, 3.8) is 0 Å². The molecule has 0 aliphatic carbocycles. The maximum atomic E-state index is 13.9. The summed E-state index contributed by atoms with van der Waals surface area (Å²) < 4.78 is 16.0. The highest BCUT2D eigenvalue weighted by molar-refractivity contribution is 5.81. The Morgan fingerprint density at radius 3 is 2.82 bits per heavy atom. The molecule has 138 valence electrons. The fourth-order valence-corrected chi connectivity index (χ4v) is 3.48. The first-order valence-electron chi connectivity index (χ1n) is 9.14. The minimum absolute atomic E-state index is 0.173. The summed E-state index contributed by atoms with van der Waals surface area (Å²) in [5, 5.41) is 3.50. The van der Waals surface area contributed by atoms with Gasteiger partial charge in [-0.15, -0.1) is 0 Å². The highest BCUT2D eigenvalue weighted by Gasteiger charge is 2.20. The van der Waals surface area contributed by atoms with Crippen LogP contribution in [0.25, 0.3) is 22.5 Å². The van der Waals surface area contributed by atoms with Crippen LogP contribution >= 0.6 is 0 Å². The van der Waals surface area contributed by atoms with Gasteiger partial charge in [0.15, 0.2) is 5.82 Å². The van der Waals surface area contributed by atoms with Crippen LogP contribution in [0.1, 0.15) is 6.42 Å². The van der Waals surface area contributed by atoms with E-state index >= 15 is 0 Å². The van der Waals surface area contributed by atoms with Gasteiger partial charge in [-0.05, 0) is 24.1 Å². The molecule has 0 atom stereocenters. The molecule has 6 nitrogen and oxygen atoms in total. The maximum absolute atomic E-state index is 13.9. The topological polar surface area (TPSA) is 68.0 Å². The third kappa shape index (κ3) is 2.90. The van der Waals surface area contributed by atoms with Crippen LogP contribution in [0.5, 0.6) is 0 Å². The Labute approximate surface area is 160 Å². The fourth-order valence-electron chi connectivity index (χ4n) is 3.48. The summed E-state index contributed by atoms with van der Waals surface area (Å²) in [6.07, 6.45) is 5.37. The van der Waals surface area contributed by atoms with Gasteiger partial charge < -0.3 is 9.88 Å². The lowest BCUT2D eigenvalue weighted by molar-refractivity contribution is 0.617. The zero-order valence-corrected chi connectivity index (χ0v) is 15.0. The van der Waals surface area contributed by atoms with Gasteiger partial charge in [-0.25, -0.2) is 14.4 Å². The second-order valence-corrected chi connectivity index (χ2v) is 6.59. The quantitative estimate of drug-likeness (QED) is 0.583. The number of aromatic nitrogens is 4. The molecule has 0 saturated heterocycles. The van der Waals surface area contributed by atoms with Crippen LogP contribution in [0.2, 0.25) is 0 Å². The van der Waals surface area contributed by atoms with Crippen LogP contribution in [0.3, 0.4) is 0 Å². The molecule has 28 heavy (non-hydrogen) atoms. The first kappa shape index (κ1) is 16.6. The number of halogens is 1. The third-order valence-electron chi connectivity index (χ3n) is 4.77. The number of nitrogens with one attached hydrogen (secondary N) is 1. The van der Waals surface area contributed by atoms with Gasteiger partial charge in [-0.2, -0.15) is 4.98 Å². The van der Waals surface area contributed by atoms with Gasteiger partial charge >= 0.3 is 0 Å². The minimum Gasteiger partial charge on any atom is -0.371 e. The van der Waals surface area contributed by atoms with Crippen LogP contribution in [0, 0.1) is 5.82 Å². The normalized spacial score (nSPS) is 14.0. The van der Waals surface area contributed by atoms with Crippen LogP contribution in [0.4, 0.5) is 15.9 Å². The SMILES string of the molecule is Fc1cnccc1N=c1ncc2cc(-c3ccccc3)c3n(c-2n1)CCCN3. The Balaban J connectivity index is 1.73. The molecule has 5 rings (SSSR count). The van der Waals surface area contributed by atoms with E-state index in [0.717, 1.165) is 54.0 Å². The highest BCUT2D eigenvalue weighted by Crippen LogP contribution is 2.35. The Morgan fingerprint density at radius 1 is 1.07 bits per heavy atom. The number of pyridine rings is 2. The molecule has 3 aliphatic rings. The lowest BCUT2D eigenvalue weighted by atomic mass is 10.0. The molecular weight excluding hydrogens is 355 g/mol. The maximum Gasteiger partial charge on any atom is 0.251 e. The molecule has 0 fully saturated rings. The summed E-state index contributed by atoms with van der Waals surface area (Å²) in [6, 6.07) is 13.8. The number of fused-ring (bicyclic) bond motifs is 3. The lowest BCUT2D eigenvalue weighted by Crippen LogP contribution is -2.25. The largest absolute Gasteiger partial charge is 0.371 e. The van der Waals surface area contributed by atoms with Crippen molar-refractivity contribution in [2.45, 2.75) is 13.0 Å². The second-order valence-electron chi connectivity index (χ2n) is 6.59. The number of nitrogens with zero attached hydrogens (tertiary/aromatic N) is 5. The van der Waals surface area contributed by atoms with Crippen LogP contribution in [-0.4, -0.2) is 26.1 Å². The van der Waals surface area contributed by atoms with Crippen LogP contribution in [-0.2, 0) is 6.54 Å². The number of hydrogen-bond acceptors (Lipinski definition) is 5. The van der Waals surface area contributed by atoms with Gasteiger partial charge in [0, 0.05) is 36.6 Å². The fraction of sp³-hybridized carbons (Fsp3) is 0.143. The van der Waals surface area contributed by atoms with Crippen molar-refractivity contribution in [1.29, 1.82) is 0 Å². The Morgan fingerprint density at radius 2 is 1.96 bits per heavy atom. The summed E-state index contributed by atoms with van der Waals surface area (Å²) >= 11 is 0. The molecule has 1 aromatic carbocycles. The summed E-state index contributed by atoms with van der Waals surface area (Å²) in [5.41, 5.74) is 3.56. The van der Waals surface area contributed by atoms with Crippen LogP contribution < -0.4 is 10.9 Å². The number of benzene rings is 1. The first-order chi connectivity index (χ1) is 13.8. The van der Waals surface area contributed by atoms with E-state index in [4.69, 9.17) is 0 Å². The molecule has 7 heteroatoms. The average molecular weight is 372 g/mol. The standard InChI is InChI=1S/C21H17FN6/c22-17-13-23-9-7-18(17)26-21-25-12-15-11-16(14-5-2-1-3-6-14)20-24-8-4-10-28(20)19(15)27-21/h1-3,5-7,9,11-13,24H,4,8,10H2. The minimum atomic E-state index is -0.498. The van der Waals surface area contributed by atoms with Crippen molar-refractivity contribution >= 4 is 11.5 Å². The lowest BCUT2D eigenvalue weighted by Gasteiger charge is -2.27. The van der Waals surface area contributed by atoms with Crippen LogP contribution in [0.15, 0.2) is 66.0 Å². The highest BCUT2D eigenvalue weighted by atomic mass is 19.1. The van der Waals surface area contributed by atoms with E-state index in [1.807, 2.05) is 18.2 Å². The van der Waals surface area contributed by atoms with E-state index < -0.39 is 5.82 Å². The third-order valence-corrected chi connectivity index (χ3v) is 4.77. The monoisotopic (exact) mass is 372 g/mol. The zero-order chi connectivity index (χ0) is 18.9. The summed E-state index contributed by atoms with van der Waals surface area (Å²) in [7, 11) is 0. The molecule has 0 spiro atoms. The summed E-state index contributed by atoms with van der Waals surface area (Å²) in [6.45, 7) is 1.76. The number of rotatable bonds is 2. The van der Waals surface area contributed by atoms with Gasteiger partial charge in [0.25, 0.3) is 5.62 Å². The predicted molar refractivity (Wildman–Crippen MR) is 105 cm³/mol. The van der Waals surface area contributed by atoms with Gasteiger partial charge in [-0.3, -0.25) is 4.98 Å². The molecular formula is C21H17FN6. The molecule has 0 amide bonds. The molecule has 0 radical (unpaired) electrons. The summed E-state index contributed by atoms with van der Waals surface area (Å²) in [4.78, 5) is 16.9. The molecule has 1 aromatic heterocycles. The van der Waals surface area contributed by atoms with Crippen molar-refractivity contribution in [1.82, 2.24) is 19.5 Å². The van der Waals surface area contributed by atoms with Gasteiger partial charge in [0.05, 0.1) is 6.20 Å². The van der Waals surface area contributed by atoms with Gasteiger partial charge in [0.1, 0.15) is 17.3 Å². The predicted octanol–water partition coefficient (Wildman–Crippen LogP) is 3.63. The van der Waals surface area contributed by atoms with Crippen molar-refractivity contribution in [2.24, 2.45) is 4.99 Å². The Kier molecular flexibility index (Phi) is 4.05. The second kappa shape index (κ2) is 6.84. The number of hydrogen-bond donors (Lipinski definition) is 1. The van der Waals surface area contributed by atoms with E-state index in [2.05, 4.69) is 48.0 Å². The molecule has 2 aromatic rings. The van der Waals surface area contributed by atoms with E-state index in [9.17, 15) is 4.39 Å².